The number of carbonyl (C=O) groups excluding carboxylic acids is 3. The number of rotatable bonds is 14. The van der Waals surface area contributed by atoms with E-state index in [1.807, 2.05) is 0 Å². The van der Waals surface area contributed by atoms with Gasteiger partial charge in [0.1, 0.15) is 18.6 Å². The van der Waals surface area contributed by atoms with Crippen LogP contribution < -0.4 is 51.4 Å². The minimum atomic E-state index is -4.09. The molecule has 0 rings (SSSR count). The van der Waals surface area contributed by atoms with Gasteiger partial charge in [-0.2, -0.15) is 8.42 Å². The number of ether oxygens (including phenoxy) is 3. The molecule has 0 aromatic rings. The van der Waals surface area contributed by atoms with Crippen LogP contribution in [0.4, 0.5) is 0 Å². The number of hydrogen-bond acceptors (Lipinski definition) is 8. The third-order valence-electron chi connectivity index (χ3n) is 3.85. The van der Waals surface area contributed by atoms with Crippen molar-refractivity contribution in [1.29, 1.82) is 0 Å². The molecule has 0 heterocycles. The zero-order valence-corrected chi connectivity index (χ0v) is 22.1. The van der Waals surface area contributed by atoms with E-state index in [1.165, 1.54) is 13.8 Å². The molecule has 0 saturated carbocycles. The molecular weight excluding hydrogens is 443 g/mol. The van der Waals surface area contributed by atoms with Gasteiger partial charge in [0.15, 0.2) is 0 Å². The zero-order valence-electron chi connectivity index (χ0n) is 19.2. The molecule has 30 heavy (non-hydrogen) atoms. The smallest absolute Gasteiger partial charge is 1.00 e. The minimum absolute atomic E-state index is 0. The molecular formula is C19H31KO9S. The first-order chi connectivity index (χ1) is 13.3. The van der Waals surface area contributed by atoms with Crippen LogP contribution in [0.5, 0.6) is 0 Å². The van der Waals surface area contributed by atoms with Gasteiger partial charge in [-0.3, -0.25) is 9.35 Å². The summed E-state index contributed by atoms with van der Waals surface area (Å²) < 4.78 is 45.6. The van der Waals surface area contributed by atoms with E-state index in [0.29, 0.717) is 6.42 Å². The van der Waals surface area contributed by atoms with Crippen molar-refractivity contribution in [3.05, 3.63) is 24.3 Å². The van der Waals surface area contributed by atoms with Gasteiger partial charge in [-0.15, -0.1) is 0 Å². The van der Waals surface area contributed by atoms with Gasteiger partial charge >= 0.3 is 69.3 Å². The molecule has 168 valence electrons. The first kappa shape index (κ1) is 31.6. The van der Waals surface area contributed by atoms with Crippen molar-refractivity contribution in [1.82, 2.24) is 0 Å². The Labute approximate surface area is 222 Å². The van der Waals surface area contributed by atoms with Crippen molar-refractivity contribution in [3.8, 4) is 0 Å². The largest absolute Gasteiger partial charge is 1.00 e. The third-order valence-corrected chi connectivity index (χ3v) is 4.65. The summed E-state index contributed by atoms with van der Waals surface area (Å²) in [6, 6.07) is 0. The number of hydrogen-bond donors (Lipinski definition) is 1. The van der Waals surface area contributed by atoms with Crippen molar-refractivity contribution >= 4 is 28.0 Å². The Morgan fingerprint density at radius 3 is 1.80 bits per heavy atom. The zero-order chi connectivity index (χ0) is 22.7. The molecule has 0 saturated heterocycles. The minimum Gasteiger partial charge on any atom is -1.00 e. The molecule has 0 bridgehead atoms. The molecule has 0 radical (unpaired) electrons. The molecule has 0 aliphatic carbocycles. The first-order valence-corrected chi connectivity index (χ1v) is 10.7. The Bertz CT molecular complexity index is 705. The molecule has 0 aliphatic heterocycles. The van der Waals surface area contributed by atoms with E-state index in [2.05, 4.69) is 13.2 Å². The van der Waals surface area contributed by atoms with E-state index in [4.69, 9.17) is 18.8 Å². The van der Waals surface area contributed by atoms with Crippen molar-refractivity contribution in [3.63, 3.8) is 0 Å². The average Bonchev–Trinajstić information content (AvgIpc) is 2.61. The maximum Gasteiger partial charge on any atom is 1.00 e. The molecule has 0 fully saturated rings. The van der Waals surface area contributed by atoms with E-state index in [0.717, 1.165) is 0 Å². The van der Waals surface area contributed by atoms with Crippen LogP contribution in [0.2, 0.25) is 0 Å². The monoisotopic (exact) mass is 474 g/mol. The fourth-order valence-electron chi connectivity index (χ4n) is 2.24. The van der Waals surface area contributed by atoms with Gasteiger partial charge in [-0.1, -0.05) is 26.5 Å². The molecule has 1 N–H and O–H groups in total. The molecule has 0 amide bonds. The molecule has 0 aliphatic rings. The van der Waals surface area contributed by atoms with E-state index < -0.39 is 39.2 Å². The van der Waals surface area contributed by atoms with Gasteiger partial charge in [0.05, 0.1) is 12.4 Å². The Kier molecular flexibility index (Phi) is 16.1. The fraction of sp³-hybridized carbons (Fsp3) is 0.632. The van der Waals surface area contributed by atoms with Crippen LogP contribution in [-0.4, -0.2) is 56.5 Å². The van der Waals surface area contributed by atoms with Crippen molar-refractivity contribution < 1.29 is 94.4 Å². The summed E-state index contributed by atoms with van der Waals surface area (Å²) in [5, 5.41) is 0. The SMILES string of the molecule is C=C(C)C(=O)OCC(CCC)(COC(=O)C(=C)C)C(=O)OCCCCS(=O)(=O)O.[H-].[K+]. The maximum atomic E-state index is 12.8. The molecule has 9 nitrogen and oxygen atoms in total. The third kappa shape index (κ3) is 13.0. The summed E-state index contributed by atoms with van der Waals surface area (Å²) in [6.07, 6.45) is 1.02. The summed E-state index contributed by atoms with van der Waals surface area (Å²) in [7, 11) is -4.09. The normalized spacial score (nSPS) is 11.1. The van der Waals surface area contributed by atoms with E-state index >= 15 is 0 Å². The number of carbonyl (C=O) groups is 3. The van der Waals surface area contributed by atoms with Crippen LogP contribution in [0, 0.1) is 5.41 Å². The van der Waals surface area contributed by atoms with Crippen molar-refractivity contribution in [2.75, 3.05) is 25.6 Å². The second-order valence-electron chi connectivity index (χ2n) is 6.87. The summed E-state index contributed by atoms with van der Waals surface area (Å²) in [6.45, 7) is 10.8. The molecule has 0 aromatic carbocycles. The summed E-state index contributed by atoms with van der Waals surface area (Å²) in [5.41, 5.74) is -1.13. The van der Waals surface area contributed by atoms with Crippen LogP contribution in [0.25, 0.3) is 0 Å². The fourth-order valence-corrected chi connectivity index (χ4v) is 2.81. The van der Waals surface area contributed by atoms with Crippen LogP contribution >= 0.6 is 0 Å². The van der Waals surface area contributed by atoms with Gasteiger partial charge in [-0.25, -0.2) is 9.59 Å². The quantitative estimate of drug-likeness (QED) is 0.0869. The second kappa shape index (κ2) is 15.3. The van der Waals surface area contributed by atoms with Gasteiger partial charge in [0, 0.05) is 11.1 Å². The summed E-state index contributed by atoms with van der Waals surface area (Å²) >= 11 is 0. The Morgan fingerprint density at radius 1 is 0.967 bits per heavy atom. The Balaban J connectivity index is -0.00000392. The van der Waals surface area contributed by atoms with E-state index in [1.54, 1.807) is 6.92 Å². The standard InChI is InChI=1S/C19H30O9S.K.H/c1-6-9-19(12-27-16(20)14(2)3,13-28-17(21)15(4)5)18(22)26-10-7-8-11-29(23,24)25;;/h2,4,6-13H2,1,3,5H3,(H,23,24,25);;/q;+1;-1. The van der Waals surface area contributed by atoms with E-state index in [9.17, 15) is 22.8 Å². The molecule has 0 unspecified atom stereocenters. The number of esters is 3. The van der Waals surface area contributed by atoms with Crippen molar-refractivity contribution in [2.45, 2.75) is 46.5 Å². The molecule has 0 atom stereocenters. The molecule has 0 spiro atoms. The molecule has 0 aromatic heterocycles. The van der Waals surface area contributed by atoms with Crippen LogP contribution in [0.15, 0.2) is 24.3 Å². The van der Waals surface area contributed by atoms with Gasteiger partial charge in [0.25, 0.3) is 10.1 Å². The summed E-state index contributed by atoms with van der Waals surface area (Å²) in [5.74, 6) is -2.58. The predicted molar refractivity (Wildman–Crippen MR) is 107 cm³/mol. The Morgan fingerprint density at radius 2 is 1.43 bits per heavy atom. The maximum absolute atomic E-state index is 12.8. The topological polar surface area (TPSA) is 133 Å². The summed E-state index contributed by atoms with van der Waals surface area (Å²) in [4.78, 5) is 36.3. The average molecular weight is 475 g/mol. The predicted octanol–water partition coefficient (Wildman–Crippen LogP) is -0.661. The molecule has 11 heteroatoms. The van der Waals surface area contributed by atoms with E-state index in [-0.39, 0.29) is 103 Å². The second-order valence-corrected chi connectivity index (χ2v) is 8.44. The Hall–Kier alpha value is -0.564. The van der Waals surface area contributed by atoms with Crippen molar-refractivity contribution in [2.24, 2.45) is 5.41 Å². The number of unbranched alkanes of at least 4 members (excludes halogenated alkanes) is 1. The van der Waals surface area contributed by atoms with Gasteiger partial charge in [0.2, 0.25) is 0 Å². The van der Waals surface area contributed by atoms with Gasteiger partial charge < -0.3 is 15.6 Å². The first-order valence-electron chi connectivity index (χ1n) is 9.12. The van der Waals surface area contributed by atoms with Crippen LogP contribution in [0.1, 0.15) is 47.9 Å². The van der Waals surface area contributed by atoms with Crippen LogP contribution in [-0.2, 0) is 38.7 Å². The van der Waals surface area contributed by atoms with Gasteiger partial charge in [-0.05, 0) is 33.1 Å². The van der Waals surface area contributed by atoms with Crippen LogP contribution in [0.3, 0.4) is 0 Å².